The molecule has 0 fully saturated rings. The lowest BCUT2D eigenvalue weighted by atomic mass is 9.97. The Labute approximate surface area is 233 Å². The second-order valence-corrected chi connectivity index (χ2v) is 10.2. The van der Waals surface area contributed by atoms with Gasteiger partial charge in [-0.3, -0.25) is 9.69 Å². The van der Waals surface area contributed by atoms with Gasteiger partial charge in [-0.2, -0.15) is 0 Å². The summed E-state index contributed by atoms with van der Waals surface area (Å²) >= 11 is 1.57. The van der Waals surface area contributed by atoms with Crippen LogP contribution in [0.2, 0.25) is 0 Å². The van der Waals surface area contributed by atoms with Crippen LogP contribution in [0, 0.1) is 0 Å². The summed E-state index contributed by atoms with van der Waals surface area (Å²) in [6, 6.07) is 32.7. The molecule has 0 bridgehead atoms. The lowest BCUT2D eigenvalue weighted by Gasteiger charge is -2.24. The molecular weight excluding hydrogens is 508 g/mol. The minimum absolute atomic E-state index is 0.220. The molecule has 2 N–H and O–H groups in total. The lowest BCUT2D eigenvalue weighted by molar-refractivity contribution is -0.138. The Morgan fingerprint density at radius 2 is 1.62 bits per heavy atom. The van der Waals surface area contributed by atoms with Crippen molar-refractivity contribution < 1.29 is 19.4 Å². The fourth-order valence-electron chi connectivity index (χ4n) is 4.27. The second-order valence-electron chi connectivity index (χ2n) is 9.01. The molecule has 0 spiro atoms. The molecular formula is C32H32N2O4S. The molecule has 4 aromatic rings. The summed E-state index contributed by atoms with van der Waals surface area (Å²) in [5.41, 5.74) is 3.42. The van der Waals surface area contributed by atoms with Crippen LogP contribution in [0.1, 0.15) is 30.4 Å². The highest BCUT2D eigenvalue weighted by atomic mass is 32.2. The third kappa shape index (κ3) is 7.65. The van der Waals surface area contributed by atoms with Gasteiger partial charge in [0.2, 0.25) is 0 Å². The van der Waals surface area contributed by atoms with E-state index in [1.807, 2.05) is 97.9 Å². The summed E-state index contributed by atoms with van der Waals surface area (Å²) in [7, 11) is 1.61. The van der Waals surface area contributed by atoms with E-state index >= 15 is 0 Å². The van der Waals surface area contributed by atoms with Crippen LogP contribution in [0.15, 0.2) is 113 Å². The zero-order valence-corrected chi connectivity index (χ0v) is 22.9. The first-order valence-corrected chi connectivity index (χ1v) is 13.7. The van der Waals surface area contributed by atoms with Crippen molar-refractivity contribution in [2.75, 3.05) is 23.9 Å². The fraction of sp³-hybridized carbons (Fsp3) is 0.188. The van der Waals surface area contributed by atoms with E-state index in [0.29, 0.717) is 25.1 Å². The molecule has 1 atom stereocenters. The number of carboxylic acids is 1. The highest BCUT2D eigenvalue weighted by molar-refractivity contribution is 7.99. The molecule has 0 aliphatic carbocycles. The van der Waals surface area contributed by atoms with Gasteiger partial charge in [-0.1, -0.05) is 67.2 Å². The molecule has 4 rings (SSSR count). The van der Waals surface area contributed by atoms with Crippen LogP contribution in [0.3, 0.4) is 0 Å². The molecule has 0 aromatic heterocycles. The number of hydrogen-bond donors (Lipinski definition) is 2. The maximum absolute atomic E-state index is 13.5. The standard InChI is InChI=1S/C32H32N2O4S/c1-3-30(31(35)36)24-12-18-28(19-13-24)39-29-11-7-10-26(22-29)34(21-20-23-8-5-4-6-9-23)32(37)33-25-14-16-27(38-2)17-15-25/h4-19,22,30H,3,20-21H2,1-2H3,(H,33,37)(H,35,36). The number of carbonyl (C=O) groups is 2. The molecule has 0 saturated carbocycles. The van der Waals surface area contributed by atoms with Gasteiger partial charge in [-0.15, -0.1) is 0 Å². The highest BCUT2D eigenvalue weighted by Gasteiger charge is 2.18. The van der Waals surface area contributed by atoms with E-state index < -0.39 is 11.9 Å². The molecule has 0 aliphatic rings. The van der Waals surface area contributed by atoms with Gasteiger partial charge in [-0.05, 0) is 78.6 Å². The average Bonchev–Trinajstić information content (AvgIpc) is 2.95. The van der Waals surface area contributed by atoms with Crippen LogP contribution in [0.25, 0.3) is 0 Å². The van der Waals surface area contributed by atoms with Crippen LogP contribution in [0.5, 0.6) is 5.75 Å². The lowest BCUT2D eigenvalue weighted by Crippen LogP contribution is -2.36. The maximum Gasteiger partial charge on any atom is 0.326 e. The van der Waals surface area contributed by atoms with Gasteiger partial charge >= 0.3 is 12.0 Å². The third-order valence-corrected chi connectivity index (χ3v) is 7.40. The SMILES string of the molecule is CCC(C(=O)O)c1ccc(Sc2cccc(N(CCc3ccccc3)C(=O)Nc3ccc(OC)cc3)c2)cc1. The summed E-state index contributed by atoms with van der Waals surface area (Å²) in [6.45, 7) is 2.38. The van der Waals surface area contributed by atoms with Gasteiger partial charge in [0.15, 0.2) is 0 Å². The number of aliphatic carboxylic acids is 1. The second kappa shape index (κ2) is 13.5. The van der Waals surface area contributed by atoms with Crippen molar-refractivity contribution in [1.29, 1.82) is 0 Å². The molecule has 39 heavy (non-hydrogen) atoms. The van der Waals surface area contributed by atoms with Crippen molar-refractivity contribution >= 4 is 35.1 Å². The number of amides is 2. The molecule has 6 nitrogen and oxygen atoms in total. The van der Waals surface area contributed by atoms with Crippen molar-refractivity contribution in [2.45, 2.75) is 35.5 Å². The summed E-state index contributed by atoms with van der Waals surface area (Å²) in [6.07, 6.45) is 1.25. The maximum atomic E-state index is 13.5. The molecule has 0 radical (unpaired) electrons. The van der Waals surface area contributed by atoms with E-state index in [9.17, 15) is 14.7 Å². The number of ether oxygens (including phenoxy) is 1. The van der Waals surface area contributed by atoms with Crippen molar-refractivity contribution in [3.05, 3.63) is 114 Å². The number of methoxy groups -OCH3 is 1. The molecule has 4 aromatic carbocycles. The van der Waals surface area contributed by atoms with Crippen LogP contribution >= 0.6 is 11.8 Å². The third-order valence-electron chi connectivity index (χ3n) is 6.41. The van der Waals surface area contributed by atoms with Crippen LogP contribution in [-0.4, -0.2) is 30.8 Å². The molecule has 1 unspecified atom stereocenters. The Morgan fingerprint density at radius 3 is 2.26 bits per heavy atom. The smallest absolute Gasteiger partial charge is 0.326 e. The van der Waals surface area contributed by atoms with Crippen molar-refractivity contribution in [1.82, 2.24) is 0 Å². The molecule has 0 saturated heterocycles. The molecule has 7 heteroatoms. The Bertz CT molecular complexity index is 1380. The van der Waals surface area contributed by atoms with Crippen LogP contribution in [0.4, 0.5) is 16.2 Å². The first-order valence-electron chi connectivity index (χ1n) is 12.8. The molecule has 200 valence electrons. The molecule has 2 amide bonds. The van der Waals surface area contributed by atoms with Crippen LogP contribution < -0.4 is 15.0 Å². The predicted molar refractivity (Wildman–Crippen MR) is 157 cm³/mol. The zero-order chi connectivity index (χ0) is 27.6. The van der Waals surface area contributed by atoms with Gasteiger partial charge in [0.05, 0.1) is 13.0 Å². The largest absolute Gasteiger partial charge is 0.497 e. The number of nitrogens with one attached hydrogen (secondary N) is 1. The number of anilines is 2. The van der Waals surface area contributed by atoms with E-state index in [2.05, 4.69) is 17.4 Å². The first-order chi connectivity index (χ1) is 19.0. The monoisotopic (exact) mass is 540 g/mol. The van der Waals surface area contributed by atoms with Gasteiger partial charge in [-0.25, -0.2) is 4.79 Å². The number of carboxylic acid groups (broad SMARTS) is 1. The normalized spacial score (nSPS) is 11.4. The fourth-order valence-corrected chi connectivity index (χ4v) is 5.14. The summed E-state index contributed by atoms with van der Waals surface area (Å²) in [5, 5.41) is 12.4. The zero-order valence-electron chi connectivity index (χ0n) is 22.0. The van der Waals surface area contributed by atoms with Crippen molar-refractivity contribution in [2.24, 2.45) is 0 Å². The number of benzene rings is 4. The van der Waals surface area contributed by atoms with Crippen molar-refractivity contribution in [3.8, 4) is 5.75 Å². The minimum Gasteiger partial charge on any atom is -0.497 e. The number of carbonyl (C=O) groups excluding carboxylic acids is 1. The summed E-state index contributed by atoms with van der Waals surface area (Å²) in [5.74, 6) is -0.594. The average molecular weight is 541 g/mol. The minimum atomic E-state index is -0.811. The number of rotatable bonds is 11. The molecule has 0 heterocycles. The van der Waals surface area contributed by atoms with Crippen LogP contribution in [-0.2, 0) is 11.2 Å². The number of nitrogens with zero attached hydrogens (tertiary/aromatic N) is 1. The summed E-state index contributed by atoms with van der Waals surface area (Å²) < 4.78 is 5.22. The summed E-state index contributed by atoms with van der Waals surface area (Å²) in [4.78, 5) is 28.7. The van der Waals surface area contributed by atoms with Crippen molar-refractivity contribution in [3.63, 3.8) is 0 Å². The first kappa shape index (κ1) is 27.8. The predicted octanol–water partition coefficient (Wildman–Crippen LogP) is 7.71. The van der Waals surface area contributed by atoms with Gasteiger partial charge in [0.1, 0.15) is 5.75 Å². The van der Waals surface area contributed by atoms with E-state index in [1.165, 1.54) is 0 Å². The topological polar surface area (TPSA) is 78.9 Å². The Hall–Kier alpha value is -4.23. The quantitative estimate of drug-likeness (QED) is 0.204. The number of urea groups is 1. The van der Waals surface area contributed by atoms with Gasteiger partial charge in [0, 0.05) is 27.7 Å². The number of hydrogen-bond acceptors (Lipinski definition) is 4. The Balaban J connectivity index is 1.54. The van der Waals surface area contributed by atoms with E-state index in [1.54, 1.807) is 23.8 Å². The van der Waals surface area contributed by atoms with E-state index in [4.69, 9.17) is 4.74 Å². The highest BCUT2D eigenvalue weighted by Crippen LogP contribution is 2.32. The Kier molecular flexibility index (Phi) is 9.64. The van der Waals surface area contributed by atoms with E-state index in [0.717, 1.165) is 32.4 Å². The Morgan fingerprint density at radius 1 is 0.897 bits per heavy atom. The van der Waals surface area contributed by atoms with Gasteiger partial charge < -0.3 is 15.2 Å². The van der Waals surface area contributed by atoms with E-state index in [-0.39, 0.29) is 6.03 Å². The molecule has 0 aliphatic heterocycles. The van der Waals surface area contributed by atoms with Gasteiger partial charge in [0.25, 0.3) is 0 Å².